The number of rotatable bonds is 5. The Balaban J connectivity index is 4.39. The highest BCUT2D eigenvalue weighted by Gasteiger charge is 2.34. The van der Waals surface area contributed by atoms with Crippen LogP contribution >= 0.6 is 0 Å². The molecular weight excluding hydrogens is 158 g/mol. The van der Waals surface area contributed by atoms with Gasteiger partial charge in [0.1, 0.15) is 11.8 Å². The van der Waals surface area contributed by atoms with E-state index < -0.39 is 11.5 Å². The number of likely N-dealkylation sites (N-methyl/N-ethyl adjacent to an activating group) is 1. The van der Waals surface area contributed by atoms with Gasteiger partial charge in [-0.25, -0.2) is 0 Å². The van der Waals surface area contributed by atoms with Crippen molar-refractivity contribution >= 4 is 12.3 Å². The number of carboxylic acid groups (broad SMARTS) is 1. The Morgan fingerprint density at radius 2 is 2.08 bits per heavy atom. The van der Waals surface area contributed by atoms with E-state index >= 15 is 0 Å². The minimum atomic E-state index is -0.930. The highest BCUT2D eigenvalue weighted by molar-refractivity contribution is 5.78. The maximum absolute atomic E-state index is 10.8. The van der Waals surface area contributed by atoms with Gasteiger partial charge in [-0.3, -0.25) is 9.69 Å². The largest absolute Gasteiger partial charge is 0.480 e. The molecule has 0 spiro atoms. The maximum Gasteiger partial charge on any atom is 0.323 e. The van der Waals surface area contributed by atoms with Gasteiger partial charge in [-0.05, 0) is 27.4 Å². The molecule has 0 saturated carbocycles. The molecule has 1 unspecified atom stereocenters. The number of carbonyl (C=O) groups is 2. The van der Waals surface area contributed by atoms with E-state index in [9.17, 15) is 9.59 Å². The maximum atomic E-state index is 10.8. The molecule has 4 nitrogen and oxygen atoms in total. The molecule has 0 rings (SSSR count). The minimum Gasteiger partial charge on any atom is -0.480 e. The average Bonchev–Trinajstić information content (AvgIpc) is 1.99. The molecule has 0 aliphatic heterocycles. The second kappa shape index (κ2) is 4.21. The van der Waals surface area contributed by atoms with Crippen LogP contribution in [0, 0.1) is 0 Å². The molecule has 4 heteroatoms. The van der Waals surface area contributed by atoms with Gasteiger partial charge in [-0.2, -0.15) is 0 Å². The normalized spacial score (nSPS) is 15.7. The van der Waals surface area contributed by atoms with Crippen molar-refractivity contribution in [3.63, 3.8) is 0 Å². The van der Waals surface area contributed by atoms with Crippen molar-refractivity contribution in [1.29, 1.82) is 0 Å². The van der Waals surface area contributed by atoms with Gasteiger partial charge in [-0.1, -0.05) is 0 Å². The minimum absolute atomic E-state index is 0.279. The lowest BCUT2D eigenvalue weighted by Crippen LogP contribution is -2.48. The van der Waals surface area contributed by atoms with Crippen molar-refractivity contribution in [2.24, 2.45) is 0 Å². The van der Waals surface area contributed by atoms with E-state index in [0.717, 1.165) is 6.29 Å². The van der Waals surface area contributed by atoms with Crippen molar-refractivity contribution in [3.8, 4) is 0 Å². The molecule has 0 saturated heterocycles. The quantitative estimate of drug-likeness (QED) is 0.610. The van der Waals surface area contributed by atoms with E-state index in [0.29, 0.717) is 6.42 Å². The summed E-state index contributed by atoms with van der Waals surface area (Å²) in [6.07, 6.45) is 1.37. The third kappa shape index (κ3) is 2.30. The molecule has 12 heavy (non-hydrogen) atoms. The monoisotopic (exact) mass is 173 g/mol. The molecule has 0 fully saturated rings. The molecular formula is C8H15NO3. The van der Waals surface area contributed by atoms with Gasteiger partial charge in [0.2, 0.25) is 0 Å². The van der Waals surface area contributed by atoms with E-state index in [4.69, 9.17) is 5.11 Å². The summed E-state index contributed by atoms with van der Waals surface area (Å²) in [7, 11) is 3.39. The molecule has 70 valence electrons. The van der Waals surface area contributed by atoms with Crippen LogP contribution in [-0.2, 0) is 9.59 Å². The Morgan fingerprint density at radius 3 is 2.33 bits per heavy atom. The second-order valence-electron chi connectivity index (χ2n) is 3.18. The number of aldehydes is 1. The summed E-state index contributed by atoms with van der Waals surface area (Å²) in [5.41, 5.74) is -0.930. The van der Waals surface area contributed by atoms with Crippen LogP contribution in [0.2, 0.25) is 0 Å². The standard InChI is InChI=1S/C8H15NO3/c1-8(7(11)12,9(2)3)5-4-6-10/h6H,4-5H2,1-3H3,(H,11,12). The van der Waals surface area contributed by atoms with Crippen LogP contribution in [0.5, 0.6) is 0 Å². The number of carboxylic acids is 1. The lowest BCUT2D eigenvalue weighted by molar-refractivity contribution is -0.149. The fourth-order valence-electron chi connectivity index (χ4n) is 0.862. The number of hydrogen-bond acceptors (Lipinski definition) is 3. The molecule has 0 heterocycles. The highest BCUT2D eigenvalue weighted by Crippen LogP contribution is 2.17. The fraction of sp³-hybridized carbons (Fsp3) is 0.750. The Morgan fingerprint density at radius 1 is 1.58 bits per heavy atom. The van der Waals surface area contributed by atoms with Crippen LogP contribution in [0.3, 0.4) is 0 Å². The van der Waals surface area contributed by atoms with Gasteiger partial charge in [0.25, 0.3) is 0 Å². The van der Waals surface area contributed by atoms with Crippen LogP contribution < -0.4 is 0 Å². The molecule has 0 aromatic rings. The van der Waals surface area contributed by atoms with Crippen molar-refractivity contribution < 1.29 is 14.7 Å². The summed E-state index contributed by atoms with van der Waals surface area (Å²) in [5, 5.41) is 8.87. The first-order valence-electron chi connectivity index (χ1n) is 3.79. The molecule has 0 aliphatic carbocycles. The zero-order chi connectivity index (χ0) is 9.78. The SMILES string of the molecule is CN(C)C(C)(CCC=O)C(=O)O. The molecule has 0 aromatic heterocycles. The van der Waals surface area contributed by atoms with E-state index in [1.165, 1.54) is 0 Å². The van der Waals surface area contributed by atoms with Crippen molar-refractivity contribution in [3.05, 3.63) is 0 Å². The first-order chi connectivity index (χ1) is 5.45. The molecule has 0 radical (unpaired) electrons. The Labute approximate surface area is 72.2 Å². The zero-order valence-electron chi connectivity index (χ0n) is 7.70. The van der Waals surface area contributed by atoms with Crippen molar-refractivity contribution in [1.82, 2.24) is 4.90 Å². The van der Waals surface area contributed by atoms with Gasteiger partial charge >= 0.3 is 5.97 Å². The van der Waals surface area contributed by atoms with Gasteiger partial charge in [0.15, 0.2) is 0 Å². The molecule has 0 amide bonds. The average molecular weight is 173 g/mol. The van der Waals surface area contributed by atoms with Crippen molar-refractivity contribution in [2.45, 2.75) is 25.3 Å². The number of aliphatic carboxylic acids is 1. The Bertz CT molecular complexity index is 179. The van der Waals surface area contributed by atoms with Crippen LogP contribution in [0.1, 0.15) is 19.8 Å². The predicted octanol–water partition coefficient (Wildman–Crippen LogP) is 0.370. The third-order valence-corrected chi connectivity index (χ3v) is 2.20. The van der Waals surface area contributed by atoms with Crippen LogP contribution in [-0.4, -0.2) is 41.9 Å². The first-order valence-corrected chi connectivity index (χ1v) is 3.79. The number of hydrogen-bond donors (Lipinski definition) is 1. The van der Waals surface area contributed by atoms with Gasteiger partial charge in [0.05, 0.1) is 0 Å². The fourth-order valence-corrected chi connectivity index (χ4v) is 0.862. The van der Waals surface area contributed by atoms with Crippen LogP contribution in [0.25, 0.3) is 0 Å². The summed E-state index contributed by atoms with van der Waals surface area (Å²) < 4.78 is 0. The predicted molar refractivity (Wildman–Crippen MR) is 45.0 cm³/mol. The van der Waals surface area contributed by atoms with Crippen molar-refractivity contribution in [2.75, 3.05) is 14.1 Å². The van der Waals surface area contributed by atoms with Crippen LogP contribution in [0.15, 0.2) is 0 Å². The van der Waals surface area contributed by atoms with Gasteiger partial charge in [0, 0.05) is 6.42 Å². The number of carbonyl (C=O) groups excluding carboxylic acids is 1. The lowest BCUT2D eigenvalue weighted by Gasteiger charge is -2.31. The topological polar surface area (TPSA) is 57.6 Å². The Hall–Kier alpha value is -0.900. The molecule has 1 N–H and O–H groups in total. The van der Waals surface area contributed by atoms with E-state index in [1.807, 2.05) is 0 Å². The van der Waals surface area contributed by atoms with Crippen LogP contribution in [0.4, 0.5) is 0 Å². The zero-order valence-corrected chi connectivity index (χ0v) is 7.70. The number of nitrogens with zero attached hydrogens (tertiary/aromatic N) is 1. The smallest absolute Gasteiger partial charge is 0.323 e. The summed E-state index contributed by atoms with van der Waals surface area (Å²) >= 11 is 0. The van der Waals surface area contributed by atoms with Gasteiger partial charge < -0.3 is 9.90 Å². The van der Waals surface area contributed by atoms with E-state index in [-0.39, 0.29) is 6.42 Å². The summed E-state index contributed by atoms with van der Waals surface area (Å²) in [6.45, 7) is 1.61. The highest BCUT2D eigenvalue weighted by atomic mass is 16.4. The molecule has 0 bridgehead atoms. The second-order valence-corrected chi connectivity index (χ2v) is 3.18. The summed E-state index contributed by atoms with van der Waals surface area (Å²) in [5.74, 6) is -0.894. The Kier molecular flexibility index (Phi) is 3.89. The molecule has 1 atom stereocenters. The lowest BCUT2D eigenvalue weighted by atomic mass is 9.95. The third-order valence-electron chi connectivity index (χ3n) is 2.20. The van der Waals surface area contributed by atoms with Gasteiger partial charge in [-0.15, -0.1) is 0 Å². The summed E-state index contributed by atoms with van der Waals surface area (Å²) in [6, 6.07) is 0. The van der Waals surface area contributed by atoms with E-state index in [1.54, 1.807) is 25.9 Å². The summed E-state index contributed by atoms with van der Waals surface area (Å²) in [4.78, 5) is 22.5. The molecule has 0 aliphatic rings. The molecule has 0 aromatic carbocycles. The first kappa shape index (κ1) is 11.1. The van der Waals surface area contributed by atoms with E-state index in [2.05, 4.69) is 0 Å².